The van der Waals surface area contributed by atoms with Gasteiger partial charge in [-0.2, -0.15) is 0 Å². The summed E-state index contributed by atoms with van der Waals surface area (Å²) < 4.78 is 5.07. The molecule has 0 saturated heterocycles. The van der Waals surface area contributed by atoms with Crippen molar-refractivity contribution in [2.45, 2.75) is 19.4 Å². The van der Waals surface area contributed by atoms with Gasteiger partial charge < -0.3 is 15.0 Å². The summed E-state index contributed by atoms with van der Waals surface area (Å²) in [5.41, 5.74) is 3.24. The molecule has 5 heteroatoms. The molecule has 5 nitrogen and oxygen atoms in total. The highest BCUT2D eigenvalue weighted by Crippen LogP contribution is 2.18. The molecule has 1 amide bonds. The van der Waals surface area contributed by atoms with E-state index in [-0.39, 0.29) is 5.91 Å². The standard InChI is InChI=1S/C18H19N3O2/c1-23-18-10-13(8-9-19-18)11-21-17(22)7-6-14-12-20-16-5-3-2-4-15(14)16/h2-5,8-10,12,20H,6-7,11H2,1H3,(H,21,22). The van der Waals surface area contributed by atoms with E-state index in [0.717, 1.165) is 17.5 Å². The normalized spacial score (nSPS) is 10.7. The minimum absolute atomic E-state index is 0.0334. The number of nitrogens with one attached hydrogen (secondary N) is 2. The summed E-state index contributed by atoms with van der Waals surface area (Å²) in [7, 11) is 1.58. The van der Waals surface area contributed by atoms with E-state index in [1.54, 1.807) is 13.3 Å². The van der Waals surface area contributed by atoms with Crippen LogP contribution in [0.25, 0.3) is 10.9 Å². The van der Waals surface area contributed by atoms with Crippen LogP contribution in [0.5, 0.6) is 5.88 Å². The van der Waals surface area contributed by atoms with Crippen molar-refractivity contribution in [1.29, 1.82) is 0 Å². The Morgan fingerprint density at radius 1 is 1.30 bits per heavy atom. The summed E-state index contributed by atoms with van der Waals surface area (Å²) in [6, 6.07) is 11.8. The Hall–Kier alpha value is -2.82. The number of fused-ring (bicyclic) bond motifs is 1. The highest BCUT2D eigenvalue weighted by molar-refractivity contribution is 5.84. The maximum Gasteiger partial charge on any atom is 0.220 e. The van der Waals surface area contributed by atoms with E-state index >= 15 is 0 Å². The molecule has 0 radical (unpaired) electrons. The zero-order valence-corrected chi connectivity index (χ0v) is 13.0. The van der Waals surface area contributed by atoms with Crippen molar-refractivity contribution >= 4 is 16.8 Å². The van der Waals surface area contributed by atoms with Crippen molar-refractivity contribution in [3.63, 3.8) is 0 Å². The third kappa shape index (κ3) is 3.69. The number of amides is 1. The van der Waals surface area contributed by atoms with Gasteiger partial charge in [0.1, 0.15) is 0 Å². The van der Waals surface area contributed by atoms with E-state index in [4.69, 9.17) is 4.74 Å². The number of pyridine rings is 1. The molecule has 0 atom stereocenters. The molecule has 118 valence electrons. The molecule has 3 aromatic rings. The highest BCUT2D eigenvalue weighted by Gasteiger charge is 2.07. The fourth-order valence-corrected chi connectivity index (χ4v) is 2.55. The zero-order chi connectivity index (χ0) is 16.1. The number of rotatable bonds is 6. The predicted molar refractivity (Wildman–Crippen MR) is 89.3 cm³/mol. The van der Waals surface area contributed by atoms with Gasteiger partial charge in [-0.3, -0.25) is 4.79 Å². The van der Waals surface area contributed by atoms with Gasteiger partial charge in [0.25, 0.3) is 0 Å². The molecule has 23 heavy (non-hydrogen) atoms. The van der Waals surface area contributed by atoms with Gasteiger partial charge in [-0.1, -0.05) is 18.2 Å². The average molecular weight is 309 g/mol. The number of hydrogen-bond acceptors (Lipinski definition) is 3. The number of aromatic nitrogens is 2. The first-order valence-electron chi connectivity index (χ1n) is 7.57. The largest absolute Gasteiger partial charge is 0.481 e. The second-order valence-corrected chi connectivity index (χ2v) is 5.34. The van der Waals surface area contributed by atoms with Crippen molar-refractivity contribution in [3.05, 3.63) is 59.9 Å². The lowest BCUT2D eigenvalue weighted by Crippen LogP contribution is -2.23. The summed E-state index contributed by atoms with van der Waals surface area (Å²) in [6.07, 6.45) is 4.83. The number of nitrogens with zero attached hydrogens (tertiary/aromatic N) is 1. The van der Waals surface area contributed by atoms with Crippen LogP contribution in [0.15, 0.2) is 48.8 Å². The number of methoxy groups -OCH3 is 1. The molecule has 2 heterocycles. The van der Waals surface area contributed by atoms with Crippen molar-refractivity contribution in [2.24, 2.45) is 0 Å². The van der Waals surface area contributed by atoms with E-state index < -0.39 is 0 Å². The van der Waals surface area contributed by atoms with E-state index in [9.17, 15) is 4.79 Å². The van der Waals surface area contributed by atoms with Crippen LogP contribution in [0.3, 0.4) is 0 Å². The van der Waals surface area contributed by atoms with Gasteiger partial charge in [-0.15, -0.1) is 0 Å². The van der Waals surface area contributed by atoms with Gasteiger partial charge >= 0.3 is 0 Å². The van der Waals surface area contributed by atoms with Crippen molar-refractivity contribution in [1.82, 2.24) is 15.3 Å². The molecule has 0 aliphatic heterocycles. The Morgan fingerprint density at radius 2 is 2.17 bits per heavy atom. The van der Waals surface area contributed by atoms with Crippen LogP contribution in [0.2, 0.25) is 0 Å². The third-order valence-corrected chi connectivity index (χ3v) is 3.79. The molecule has 0 spiro atoms. The number of ether oxygens (including phenoxy) is 1. The lowest BCUT2D eigenvalue weighted by atomic mass is 10.1. The fraction of sp³-hybridized carbons (Fsp3) is 0.222. The zero-order valence-electron chi connectivity index (χ0n) is 13.0. The molecular weight excluding hydrogens is 290 g/mol. The first-order valence-corrected chi connectivity index (χ1v) is 7.57. The van der Waals surface area contributed by atoms with Crippen LogP contribution in [0.1, 0.15) is 17.5 Å². The Kier molecular flexibility index (Phi) is 4.57. The minimum atomic E-state index is 0.0334. The minimum Gasteiger partial charge on any atom is -0.481 e. The van der Waals surface area contributed by atoms with E-state index in [0.29, 0.717) is 18.8 Å². The van der Waals surface area contributed by atoms with Gasteiger partial charge in [0.05, 0.1) is 7.11 Å². The van der Waals surface area contributed by atoms with E-state index in [2.05, 4.69) is 21.4 Å². The smallest absolute Gasteiger partial charge is 0.220 e. The predicted octanol–water partition coefficient (Wildman–Crippen LogP) is 2.82. The quantitative estimate of drug-likeness (QED) is 0.736. The second kappa shape index (κ2) is 6.96. The molecule has 2 N–H and O–H groups in total. The molecule has 2 aromatic heterocycles. The Morgan fingerprint density at radius 3 is 3.04 bits per heavy atom. The van der Waals surface area contributed by atoms with Crippen LogP contribution in [0.4, 0.5) is 0 Å². The molecule has 1 aromatic carbocycles. The summed E-state index contributed by atoms with van der Waals surface area (Å²) in [5, 5.41) is 4.11. The molecule has 3 rings (SSSR count). The molecule has 0 bridgehead atoms. The van der Waals surface area contributed by atoms with Crippen molar-refractivity contribution < 1.29 is 9.53 Å². The number of para-hydroxylation sites is 1. The van der Waals surface area contributed by atoms with Crippen LogP contribution >= 0.6 is 0 Å². The van der Waals surface area contributed by atoms with Gasteiger partial charge in [-0.05, 0) is 29.7 Å². The number of carbonyl (C=O) groups excluding carboxylic acids is 1. The highest BCUT2D eigenvalue weighted by atomic mass is 16.5. The Balaban J connectivity index is 1.53. The molecule has 0 fully saturated rings. The van der Waals surface area contributed by atoms with E-state index in [1.165, 1.54) is 10.9 Å². The summed E-state index contributed by atoms with van der Waals surface area (Å²) in [5.74, 6) is 0.585. The third-order valence-electron chi connectivity index (χ3n) is 3.79. The second-order valence-electron chi connectivity index (χ2n) is 5.34. The summed E-state index contributed by atoms with van der Waals surface area (Å²) in [4.78, 5) is 19.3. The van der Waals surface area contributed by atoms with Crippen LogP contribution in [-0.2, 0) is 17.8 Å². The number of aryl methyl sites for hydroxylation is 1. The number of hydrogen-bond donors (Lipinski definition) is 2. The van der Waals surface area contributed by atoms with Crippen molar-refractivity contribution in [2.75, 3.05) is 7.11 Å². The van der Waals surface area contributed by atoms with Gasteiger partial charge in [0, 0.05) is 42.3 Å². The lowest BCUT2D eigenvalue weighted by molar-refractivity contribution is -0.121. The number of H-pyrrole nitrogens is 1. The Labute approximate surface area is 134 Å². The molecule has 0 saturated carbocycles. The lowest BCUT2D eigenvalue weighted by Gasteiger charge is -2.06. The molecular formula is C18H19N3O2. The average Bonchev–Trinajstić information content (AvgIpc) is 3.01. The van der Waals surface area contributed by atoms with Crippen LogP contribution < -0.4 is 10.1 Å². The molecule has 0 aliphatic rings. The number of carbonyl (C=O) groups is 1. The molecule has 0 aliphatic carbocycles. The maximum absolute atomic E-state index is 12.0. The van der Waals surface area contributed by atoms with E-state index in [1.807, 2.05) is 36.5 Å². The SMILES string of the molecule is COc1cc(CNC(=O)CCc2c[nH]c3ccccc23)ccn1. The Bertz CT molecular complexity index is 811. The monoisotopic (exact) mass is 309 g/mol. The fourth-order valence-electron chi connectivity index (χ4n) is 2.55. The van der Waals surface area contributed by atoms with Crippen LogP contribution in [0, 0.1) is 0 Å². The first-order chi connectivity index (χ1) is 11.3. The summed E-state index contributed by atoms with van der Waals surface area (Å²) >= 11 is 0. The number of aromatic amines is 1. The molecule has 0 unspecified atom stereocenters. The van der Waals surface area contributed by atoms with Crippen molar-refractivity contribution in [3.8, 4) is 5.88 Å². The number of benzene rings is 1. The maximum atomic E-state index is 12.0. The van der Waals surface area contributed by atoms with Crippen LogP contribution in [-0.4, -0.2) is 23.0 Å². The summed E-state index contributed by atoms with van der Waals surface area (Å²) in [6.45, 7) is 0.478. The van der Waals surface area contributed by atoms with Gasteiger partial charge in [0.2, 0.25) is 11.8 Å². The van der Waals surface area contributed by atoms with Gasteiger partial charge in [0.15, 0.2) is 0 Å². The topological polar surface area (TPSA) is 67.0 Å². The first kappa shape index (κ1) is 15.1. The van der Waals surface area contributed by atoms with Gasteiger partial charge in [-0.25, -0.2) is 4.98 Å².